The van der Waals surface area contributed by atoms with Crippen LogP contribution in [0.5, 0.6) is 0 Å². The monoisotopic (exact) mass is 449 g/mol. The van der Waals surface area contributed by atoms with Crippen LogP contribution in [0.2, 0.25) is 0 Å². The molecule has 2 aromatic carbocycles. The van der Waals surface area contributed by atoms with E-state index in [2.05, 4.69) is 4.98 Å². The molecule has 0 amide bonds. The third-order valence-electron chi connectivity index (χ3n) is 4.32. The number of rotatable bonds is 5. The van der Waals surface area contributed by atoms with Crippen LogP contribution in [0.4, 0.5) is 4.39 Å². The first-order valence-corrected chi connectivity index (χ1v) is 10.8. The van der Waals surface area contributed by atoms with Crippen molar-refractivity contribution in [2.75, 3.05) is 0 Å². The highest BCUT2D eigenvalue weighted by molar-refractivity contribution is 7.90. The predicted molar refractivity (Wildman–Crippen MR) is 117 cm³/mol. The van der Waals surface area contributed by atoms with E-state index in [1.807, 2.05) is 5.38 Å². The van der Waals surface area contributed by atoms with Gasteiger partial charge in [0, 0.05) is 28.6 Å². The minimum atomic E-state index is -3.87. The van der Waals surface area contributed by atoms with Gasteiger partial charge in [-0.05, 0) is 42.5 Å². The summed E-state index contributed by atoms with van der Waals surface area (Å²) >= 11 is 1.44. The van der Waals surface area contributed by atoms with E-state index in [0.29, 0.717) is 22.3 Å². The van der Waals surface area contributed by atoms with Gasteiger partial charge in [-0.3, -0.25) is 0 Å². The maximum atomic E-state index is 14.6. The average molecular weight is 450 g/mol. The molecule has 0 spiro atoms. The molecule has 0 bridgehead atoms. The van der Waals surface area contributed by atoms with Crippen LogP contribution in [-0.4, -0.2) is 17.4 Å². The molecule has 0 saturated carbocycles. The van der Waals surface area contributed by atoms with Crippen LogP contribution in [0.25, 0.3) is 23.1 Å². The molecule has 0 fully saturated rings. The molecule has 0 saturated heterocycles. The molecule has 9 heteroatoms. The largest absolute Gasteiger partial charge is 0.325 e. The lowest BCUT2D eigenvalue weighted by molar-refractivity contribution is 0.587. The summed E-state index contributed by atoms with van der Waals surface area (Å²) in [5, 5.41) is 2.31. The first-order chi connectivity index (χ1) is 13.5. The quantitative estimate of drug-likeness (QED) is 0.485. The van der Waals surface area contributed by atoms with E-state index in [9.17, 15) is 12.8 Å². The van der Waals surface area contributed by atoms with Crippen molar-refractivity contribution in [2.24, 2.45) is 5.73 Å². The van der Waals surface area contributed by atoms with Gasteiger partial charge in [0.2, 0.25) is 0 Å². The topological polar surface area (TPSA) is 78.0 Å². The molecule has 0 radical (unpaired) electrons. The second kappa shape index (κ2) is 8.46. The molecule has 2 N–H and O–H groups in total. The Morgan fingerprint density at radius 2 is 1.90 bits per heavy atom. The van der Waals surface area contributed by atoms with Crippen molar-refractivity contribution >= 4 is 56.8 Å². The average Bonchev–Trinajstić information content (AvgIpc) is 3.34. The third kappa shape index (κ3) is 3.97. The first-order valence-electron chi connectivity index (χ1n) is 8.41. The summed E-state index contributed by atoms with van der Waals surface area (Å²) in [5.74, 6) is -0.447. The Hall–Kier alpha value is -2.52. The molecule has 0 aliphatic heterocycles. The van der Waals surface area contributed by atoms with E-state index in [-0.39, 0.29) is 29.4 Å². The molecule has 150 valence electrons. The maximum Gasteiger partial charge on any atom is 0.268 e. The Kier molecular flexibility index (Phi) is 6.18. The fourth-order valence-electron chi connectivity index (χ4n) is 3.01. The van der Waals surface area contributed by atoms with Gasteiger partial charge >= 0.3 is 0 Å². The van der Waals surface area contributed by atoms with Crippen molar-refractivity contribution in [1.29, 1.82) is 0 Å². The molecule has 0 unspecified atom stereocenters. The van der Waals surface area contributed by atoms with Crippen LogP contribution in [0.1, 0.15) is 17.0 Å². The lowest BCUT2D eigenvalue weighted by Crippen LogP contribution is -2.17. The van der Waals surface area contributed by atoms with Crippen molar-refractivity contribution in [3.05, 3.63) is 82.2 Å². The molecule has 0 atom stereocenters. The predicted octanol–water partition coefficient (Wildman–Crippen LogP) is 4.52. The summed E-state index contributed by atoms with van der Waals surface area (Å²) in [4.78, 5) is 4.27. The van der Waals surface area contributed by atoms with E-state index in [1.54, 1.807) is 41.9 Å². The third-order valence-corrected chi connectivity index (χ3v) is 6.71. The van der Waals surface area contributed by atoms with E-state index >= 15 is 0 Å². The molecule has 2 heterocycles. The van der Waals surface area contributed by atoms with Gasteiger partial charge in [-0.2, -0.15) is 0 Å². The SMILES string of the molecule is Cl.NCc1cc2cc(F)c(C=Cc3cscn3)cc2n1S(=O)(=O)c1ccccc1. The summed E-state index contributed by atoms with van der Waals surface area (Å²) in [6, 6.07) is 12.5. The van der Waals surface area contributed by atoms with Gasteiger partial charge in [0.1, 0.15) is 5.82 Å². The lowest BCUT2D eigenvalue weighted by atomic mass is 10.1. The van der Waals surface area contributed by atoms with Crippen LogP contribution in [0, 0.1) is 5.82 Å². The van der Waals surface area contributed by atoms with Crippen LogP contribution < -0.4 is 5.73 Å². The zero-order valence-corrected chi connectivity index (χ0v) is 17.5. The van der Waals surface area contributed by atoms with E-state index < -0.39 is 15.8 Å². The highest BCUT2D eigenvalue weighted by Crippen LogP contribution is 2.28. The highest BCUT2D eigenvalue weighted by atomic mass is 35.5. The Bertz CT molecular complexity index is 1270. The number of benzene rings is 2. The summed E-state index contributed by atoms with van der Waals surface area (Å²) in [6.07, 6.45) is 3.27. The number of hydrogen-bond donors (Lipinski definition) is 1. The number of fused-ring (bicyclic) bond motifs is 1. The maximum absolute atomic E-state index is 14.6. The zero-order chi connectivity index (χ0) is 19.7. The van der Waals surface area contributed by atoms with Crippen LogP contribution in [0.3, 0.4) is 0 Å². The Labute approximate surface area is 177 Å². The highest BCUT2D eigenvalue weighted by Gasteiger charge is 2.23. The standard InChI is InChI=1S/C20H16FN3O2S2.ClH/c21-19-9-15-8-17(11-22)24(28(25,26)18-4-2-1-3-5-18)20(15)10-14(19)6-7-16-12-27-13-23-16;/h1-10,12-13H,11,22H2;1H. The summed E-state index contributed by atoms with van der Waals surface area (Å²) < 4.78 is 42.2. The van der Waals surface area contributed by atoms with Gasteiger partial charge in [-0.25, -0.2) is 21.8 Å². The minimum Gasteiger partial charge on any atom is -0.325 e. The smallest absolute Gasteiger partial charge is 0.268 e. The van der Waals surface area contributed by atoms with Gasteiger partial charge in [0.05, 0.1) is 21.6 Å². The summed E-state index contributed by atoms with van der Waals surface area (Å²) in [7, 11) is -3.87. The molecular weight excluding hydrogens is 433 g/mol. The molecular formula is C20H17ClFN3O2S2. The van der Waals surface area contributed by atoms with Gasteiger partial charge in [-0.15, -0.1) is 23.7 Å². The Morgan fingerprint density at radius 3 is 2.55 bits per heavy atom. The van der Waals surface area contributed by atoms with Crippen molar-refractivity contribution in [3.8, 4) is 0 Å². The van der Waals surface area contributed by atoms with Crippen LogP contribution in [0.15, 0.2) is 64.3 Å². The van der Waals surface area contributed by atoms with Gasteiger partial charge < -0.3 is 5.73 Å². The zero-order valence-electron chi connectivity index (χ0n) is 15.0. The molecule has 4 aromatic rings. The van der Waals surface area contributed by atoms with Crippen molar-refractivity contribution < 1.29 is 12.8 Å². The molecule has 4 rings (SSSR count). The second-order valence-electron chi connectivity index (χ2n) is 6.10. The molecule has 0 aliphatic rings. The second-order valence-corrected chi connectivity index (χ2v) is 8.61. The molecule has 5 nitrogen and oxygen atoms in total. The Morgan fingerprint density at radius 1 is 1.14 bits per heavy atom. The van der Waals surface area contributed by atoms with E-state index in [0.717, 1.165) is 0 Å². The number of nitrogens with two attached hydrogens (primary N) is 1. The minimum absolute atomic E-state index is 0. The van der Waals surface area contributed by atoms with Gasteiger partial charge in [-0.1, -0.05) is 18.2 Å². The van der Waals surface area contributed by atoms with E-state index in [4.69, 9.17) is 5.73 Å². The number of aromatic nitrogens is 2. The van der Waals surface area contributed by atoms with Crippen LogP contribution in [-0.2, 0) is 16.6 Å². The first kappa shape index (κ1) is 21.2. The fourth-order valence-corrected chi connectivity index (χ4v) is 5.10. The molecule has 0 aliphatic carbocycles. The van der Waals surface area contributed by atoms with Crippen molar-refractivity contribution in [1.82, 2.24) is 8.96 Å². The van der Waals surface area contributed by atoms with Gasteiger partial charge in [0.15, 0.2) is 0 Å². The van der Waals surface area contributed by atoms with Crippen molar-refractivity contribution in [3.63, 3.8) is 0 Å². The molecule has 29 heavy (non-hydrogen) atoms. The van der Waals surface area contributed by atoms with E-state index in [1.165, 1.54) is 39.6 Å². The Balaban J connectivity index is 0.00000240. The van der Waals surface area contributed by atoms with Crippen molar-refractivity contribution in [2.45, 2.75) is 11.4 Å². The van der Waals surface area contributed by atoms with Gasteiger partial charge in [0.25, 0.3) is 10.0 Å². The number of thiazole rings is 1. The normalized spacial score (nSPS) is 11.8. The summed E-state index contributed by atoms with van der Waals surface area (Å²) in [6.45, 7) is 0.00631. The fraction of sp³-hybridized carbons (Fsp3) is 0.0500. The molecule has 2 aromatic heterocycles. The number of halogens is 2. The lowest BCUT2D eigenvalue weighted by Gasteiger charge is -2.11. The summed E-state index contributed by atoms with van der Waals surface area (Å²) in [5.41, 5.74) is 9.22. The number of nitrogens with zero attached hydrogens (tertiary/aromatic N) is 2. The number of hydrogen-bond acceptors (Lipinski definition) is 5. The van der Waals surface area contributed by atoms with Crippen LogP contribution >= 0.6 is 23.7 Å².